The first-order valence-corrected chi connectivity index (χ1v) is 11.1. The van der Waals surface area contributed by atoms with Crippen molar-refractivity contribution in [2.75, 3.05) is 0 Å². The van der Waals surface area contributed by atoms with Crippen LogP contribution < -0.4 is 4.74 Å². The number of pyridine rings is 1. The third-order valence-corrected chi connectivity index (χ3v) is 7.91. The van der Waals surface area contributed by atoms with Gasteiger partial charge in [-0.1, -0.05) is 25.1 Å². The number of allylic oxidation sites excluding steroid dienone is 2. The minimum Gasteiger partial charge on any atom is -0.479 e. The fourth-order valence-electron chi connectivity index (χ4n) is 6.42. The van der Waals surface area contributed by atoms with Gasteiger partial charge in [0.05, 0.1) is 0 Å². The molecule has 30 heavy (non-hydrogen) atoms. The number of ether oxygens (including phenoxy) is 1. The van der Waals surface area contributed by atoms with Gasteiger partial charge >= 0.3 is 5.97 Å². The van der Waals surface area contributed by atoms with Crippen LogP contribution >= 0.6 is 0 Å². The number of carboxylic acids is 1. The van der Waals surface area contributed by atoms with Crippen molar-refractivity contribution >= 4 is 11.5 Å². The Hall–Kier alpha value is -2.62. The van der Waals surface area contributed by atoms with Crippen LogP contribution in [0.2, 0.25) is 0 Å². The normalized spacial score (nSPS) is 30.5. The van der Waals surface area contributed by atoms with Gasteiger partial charge in [-0.2, -0.15) is 0 Å². The van der Waals surface area contributed by atoms with Gasteiger partial charge in [0.2, 0.25) is 0 Å². The zero-order valence-corrected chi connectivity index (χ0v) is 17.7. The minimum absolute atomic E-state index is 0.238. The van der Waals surface area contributed by atoms with E-state index in [4.69, 9.17) is 9.84 Å². The molecule has 1 heterocycles. The molecular weight excluding hydrogens is 374 g/mol. The predicted molar refractivity (Wildman–Crippen MR) is 116 cm³/mol. The van der Waals surface area contributed by atoms with E-state index in [0.29, 0.717) is 23.5 Å². The second kappa shape index (κ2) is 7.26. The van der Waals surface area contributed by atoms with Crippen LogP contribution in [0.15, 0.2) is 48.8 Å². The lowest BCUT2D eigenvalue weighted by molar-refractivity contribution is -0.144. The average Bonchev–Trinajstić information content (AvgIpc) is 3.11. The molecule has 0 saturated heterocycles. The molecule has 1 saturated carbocycles. The largest absolute Gasteiger partial charge is 0.479 e. The predicted octanol–water partition coefficient (Wildman–Crippen LogP) is 5.48. The number of nitrogens with zero attached hydrogens (tertiary/aromatic N) is 1. The molecule has 2 aromatic rings. The third kappa shape index (κ3) is 3.05. The standard InChI is InChI=1S/C26H29NO3/c1-16(25(28)29)30-19-6-8-20-17(14-19)5-7-22-21(20)11-12-26(2)23(9-10-24(22)26)18-4-3-13-27-15-18/h3-4,6,8-9,13-16,21-22,24H,5,7,10-12H2,1-2H3,(H,28,29)/t16?,21?,22?,24?,26-/m1/s1. The van der Waals surface area contributed by atoms with E-state index in [9.17, 15) is 4.79 Å². The Kier molecular flexibility index (Phi) is 4.68. The molecule has 1 fully saturated rings. The van der Waals surface area contributed by atoms with Crippen molar-refractivity contribution in [3.63, 3.8) is 0 Å². The molecule has 0 aliphatic heterocycles. The van der Waals surface area contributed by atoms with E-state index in [0.717, 1.165) is 12.8 Å². The van der Waals surface area contributed by atoms with Crippen molar-refractivity contribution in [1.82, 2.24) is 4.98 Å². The molecule has 1 aromatic heterocycles. The van der Waals surface area contributed by atoms with Gasteiger partial charge in [-0.3, -0.25) is 4.98 Å². The molecule has 5 atom stereocenters. The summed E-state index contributed by atoms with van der Waals surface area (Å²) in [6.07, 6.45) is 11.3. The summed E-state index contributed by atoms with van der Waals surface area (Å²) in [6, 6.07) is 10.5. The highest BCUT2D eigenvalue weighted by Gasteiger charge is 2.51. The van der Waals surface area contributed by atoms with Crippen LogP contribution in [0, 0.1) is 17.3 Å². The van der Waals surface area contributed by atoms with E-state index >= 15 is 0 Å². The highest BCUT2D eigenvalue weighted by molar-refractivity contribution is 5.73. The molecule has 3 aliphatic carbocycles. The molecular formula is C26H29NO3. The molecule has 0 bridgehead atoms. The number of carbonyl (C=O) groups is 1. The van der Waals surface area contributed by atoms with E-state index in [1.54, 1.807) is 6.92 Å². The Balaban J connectivity index is 1.39. The number of carboxylic acid groups (broad SMARTS) is 1. The number of aromatic nitrogens is 1. The lowest BCUT2D eigenvalue weighted by atomic mass is 9.54. The highest BCUT2D eigenvalue weighted by atomic mass is 16.5. The van der Waals surface area contributed by atoms with Gasteiger partial charge in [0, 0.05) is 12.4 Å². The number of fused-ring (bicyclic) bond motifs is 5. The lowest BCUT2D eigenvalue weighted by Crippen LogP contribution is -2.40. The van der Waals surface area contributed by atoms with Gasteiger partial charge in [-0.05, 0) is 103 Å². The fourth-order valence-corrected chi connectivity index (χ4v) is 6.42. The maximum atomic E-state index is 11.1. The molecule has 0 amide bonds. The second-order valence-electron chi connectivity index (χ2n) is 9.43. The van der Waals surface area contributed by atoms with E-state index in [1.807, 2.05) is 24.5 Å². The lowest BCUT2D eigenvalue weighted by Gasteiger charge is -2.50. The molecule has 4 unspecified atom stereocenters. The Morgan fingerprint density at radius 1 is 1.30 bits per heavy atom. The summed E-state index contributed by atoms with van der Waals surface area (Å²) in [6.45, 7) is 4.05. The van der Waals surface area contributed by atoms with Gasteiger partial charge in [-0.25, -0.2) is 4.79 Å². The third-order valence-electron chi connectivity index (χ3n) is 7.91. The van der Waals surface area contributed by atoms with Crippen LogP contribution in [0.4, 0.5) is 0 Å². The first-order chi connectivity index (χ1) is 14.5. The Labute approximate surface area is 178 Å². The zero-order valence-electron chi connectivity index (χ0n) is 17.7. The van der Waals surface area contributed by atoms with Gasteiger partial charge in [0.15, 0.2) is 6.10 Å². The van der Waals surface area contributed by atoms with Gasteiger partial charge in [0.1, 0.15) is 5.75 Å². The van der Waals surface area contributed by atoms with E-state index in [1.165, 1.54) is 41.5 Å². The van der Waals surface area contributed by atoms with E-state index < -0.39 is 12.1 Å². The Bertz CT molecular complexity index is 999. The molecule has 0 radical (unpaired) electrons. The zero-order chi connectivity index (χ0) is 20.9. The first-order valence-electron chi connectivity index (χ1n) is 11.1. The summed E-state index contributed by atoms with van der Waals surface area (Å²) in [5, 5.41) is 9.12. The van der Waals surface area contributed by atoms with Crippen molar-refractivity contribution in [2.24, 2.45) is 17.3 Å². The van der Waals surface area contributed by atoms with E-state index in [-0.39, 0.29) is 5.41 Å². The summed E-state index contributed by atoms with van der Waals surface area (Å²) in [5.74, 6) is 1.72. The van der Waals surface area contributed by atoms with Crippen molar-refractivity contribution in [2.45, 2.75) is 58.0 Å². The fraction of sp³-hybridized carbons (Fsp3) is 0.462. The molecule has 3 aliphatic rings. The Morgan fingerprint density at radius 2 is 2.17 bits per heavy atom. The smallest absolute Gasteiger partial charge is 0.344 e. The number of hydrogen-bond donors (Lipinski definition) is 1. The molecule has 156 valence electrons. The summed E-state index contributed by atoms with van der Waals surface area (Å²) in [5.41, 5.74) is 5.82. The van der Waals surface area contributed by atoms with Crippen LogP contribution in [0.25, 0.3) is 5.57 Å². The Morgan fingerprint density at radius 3 is 2.93 bits per heavy atom. The number of aryl methyl sites for hydroxylation is 1. The van der Waals surface area contributed by atoms with E-state index in [2.05, 4.69) is 36.2 Å². The summed E-state index contributed by atoms with van der Waals surface area (Å²) in [4.78, 5) is 15.5. The number of benzene rings is 1. The molecule has 0 spiro atoms. The first kappa shape index (κ1) is 19.3. The van der Waals surface area contributed by atoms with Crippen LogP contribution in [0.1, 0.15) is 62.1 Å². The molecule has 5 rings (SSSR count). The van der Waals surface area contributed by atoms with Gasteiger partial charge in [-0.15, -0.1) is 0 Å². The maximum absolute atomic E-state index is 11.1. The second-order valence-corrected chi connectivity index (χ2v) is 9.43. The number of aliphatic carboxylic acids is 1. The summed E-state index contributed by atoms with van der Waals surface area (Å²) in [7, 11) is 0. The number of hydrogen-bond acceptors (Lipinski definition) is 3. The van der Waals surface area contributed by atoms with Crippen molar-refractivity contribution in [3.05, 3.63) is 65.5 Å². The SMILES string of the molecule is CC(Oc1ccc2c(c1)CCC1C2CC[C@]2(C)C(c3cccnc3)=CCC12)C(=O)O. The van der Waals surface area contributed by atoms with Crippen LogP contribution in [-0.2, 0) is 11.2 Å². The van der Waals surface area contributed by atoms with Crippen molar-refractivity contribution < 1.29 is 14.6 Å². The molecule has 4 heteroatoms. The number of rotatable bonds is 4. The topological polar surface area (TPSA) is 59.4 Å². The van der Waals surface area contributed by atoms with Gasteiger partial charge in [0.25, 0.3) is 0 Å². The summed E-state index contributed by atoms with van der Waals surface area (Å²) < 4.78 is 5.61. The molecule has 4 nitrogen and oxygen atoms in total. The van der Waals surface area contributed by atoms with Crippen LogP contribution in [-0.4, -0.2) is 22.2 Å². The van der Waals surface area contributed by atoms with Crippen molar-refractivity contribution in [3.8, 4) is 5.75 Å². The monoisotopic (exact) mass is 403 g/mol. The maximum Gasteiger partial charge on any atom is 0.344 e. The minimum atomic E-state index is -0.933. The van der Waals surface area contributed by atoms with Crippen LogP contribution in [0.3, 0.4) is 0 Å². The summed E-state index contributed by atoms with van der Waals surface area (Å²) >= 11 is 0. The molecule has 1 N–H and O–H groups in total. The highest BCUT2D eigenvalue weighted by Crippen LogP contribution is 2.63. The van der Waals surface area contributed by atoms with Gasteiger partial charge < -0.3 is 9.84 Å². The van der Waals surface area contributed by atoms with Crippen molar-refractivity contribution in [1.29, 1.82) is 0 Å². The quantitative estimate of drug-likeness (QED) is 0.734. The average molecular weight is 404 g/mol. The molecule has 1 aromatic carbocycles. The van der Waals surface area contributed by atoms with Crippen LogP contribution in [0.5, 0.6) is 5.75 Å².